The molecule has 0 aliphatic heterocycles. The van der Waals surface area contributed by atoms with Crippen LogP contribution in [0.2, 0.25) is 0 Å². The zero-order valence-corrected chi connectivity index (χ0v) is 13.7. The van der Waals surface area contributed by atoms with Gasteiger partial charge in [-0.1, -0.05) is 30.3 Å². The van der Waals surface area contributed by atoms with E-state index in [9.17, 15) is 0 Å². The maximum atomic E-state index is 4.56. The Morgan fingerprint density at radius 1 is 0.958 bits per heavy atom. The second-order valence-electron chi connectivity index (χ2n) is 5.40. The Morgan fingerprint density at radius 3 is 2.58 bits per heavy atom. The zero-order chi connectivity index (χ0) is 16.6. The van der Waals surface area contributed by atoms with Crippen molar-refractivity contribution >= 4 is 11.8 Å². The molecule has 0 radical (unpaired) electrons. The molecule has 0 aliphatic rings. The summed E-state index contributed by atoms with van der Waals surface area (Å²) in [6.07, 6.45) is 4.52. The highest BCUT2D eigenvalue weighted by atomic mass is 15.1. The quantitative estimate of drug-likeness (QED) is 0.696. The molecule has 0 saturated heterocycles. The molecule has 122 valence electrons. The Hall–Kier alpha value is -2.95. The van der Waals surface area contributed by atoms with Gasteiger partial charge in [0.05, 0.1) is 5.69 Å². The average molecular weight is 319 g/mol. The average Bonchev–Trinajstić information content (AvgIpc) is 2.63. The number of nitrogens with zero attached hydrogens (tertiary/aromatic N) is 3. The molecule has 0 aliphatic carbocycles. The molecule has 0 bridgehead atoms. The molecular weight excluding hydrogens is 298 g/mol. The normalized spacial score (nSPS) is 10.4. The van der Waals surface area contributed by atoms with Crippen molar-refractivity contribution in [2.75, 3.05) is 23.7 Å². The molecule has 0 fully saturated rings. The van der Waals surface area contributed by atoms with Crippen LogP contribution >= 0.6 is 0 Å². The van der Waals surface area contributed by atoms with Crippen LogP contribution in [-0.4, -0.2) is 28.0 Å². The first-order chi connectivity index (χ1) is 11.8. The lowest BCUT2D eigenvalue weighted by molar-refractivity contribution is 0.996. The second kappa shape index (κ2) is 8.06. The summed E-state index contributed by atoms with van der Waals surface area (Å²) < 4.78 is 0. The predicted octanol–water partition coefficient (Wildman–Crippen LogP) is 3.63. The molecule has 3 aromatic rings. The van der Waals surface area contributed by atoms with Crippen molar-refractivity contribution in [1.29, 1.82) is 0 Å². The summed E-state index contributed by atoms with van der Waals surface area (Å²) in [4.78, 5) is 13.3. The van der Waals surface area contributed by atoms with Crippen molar-refractivity contribution in [1.82, 2.24) is 15.0 Å². The Balaban J connectivity index is 1.75. The Bertz CT molecular complexity index is 759. The highest BCUT2D eigenvalue weighted by Crippen LogP contribution is 2.20. The fourth-order valence-corrected chi connectivity index (χ4v) is 2.42. The van der Waals surface area contributed by atoms with Crippen LogP contribution in [0.5, 0.6) is 0 Å². The van der Waals surface area contributed by atoms with E-state index in [1.165, 1.54) is 5.56 Å². The van der Waals surface area contributed by atoms with E-state index in [-0.39, 0.29) is 0 Å². The standard InChI is InChI=1S/C19H21N5/c1-2-21-19-23-17(16-9-6-11-20-14-16)13-18(24-19)22-12-10-15-7-4-3-5-8-15/h3-9,11,13-14H,2,10,12H2,1H3,(H2,21,22,23,24). The Kier molecular flexibility index (Phi) is 5.35. The number of anilines is 2. The summed E-state index contributed by atoms with van der Waals surface area (Å²) in [6.45, 7) is 3.63. The largest absolute Gasteiger partial charge is 0.370 e. The van der Waals surface area contributed by atoms with Crippen LogP contribution < -0.4 is 10.6 Å². The van der Waals surface area contributed by atoms with Crippen molar-refractivity contribution in [2.24, 2.45) is 0 Å². The lowest BCUT2D eigenvalue weighted by Crippen LogP contribution is -2.09. The summed E-state index contributed by atoms with van der Waals surface area (Å²) in [5.74, 6) is 1.44. The first kappa shape index (κ1) is 15.9. The van der Waals surface area contributed by atoms with Gasteiger partial charge < -0.3 is 10.6 Å². The first-order valence-electron chi connectivity index (χ1n) is 8.16. The van der Waals surface area contributed by atoms with Crippen LogP contribution in [0, 0.1) is 0 Å². The van der Waals surface area contributed by atoms with E-state index in [2.05, 4.69) is 49.9 Å². The number of benzene rings is 1. The van der Waals surface area contributed by atoms with Gasteiger partial charge in [-0.3, -0.25) is 4.98 Å². The van der Waals surface area contributed by atoms with E-state index in [4.69, 9.17) is 0 Å². The minimum Gasteiger partial charge on any atom is -0.370 e. The molecule has 2 aromatic heterocycles. The van der Waals surface area contributed by atoms with Gasteiger partial charge in [-0.05, 0) is 31.0 Å². The van der Waals surface area contributed by atoms with Gasteiger partial charge in [-0.15, -0.1) is 0 Å². The van der Waals surface area contributed by atoms with E-state index in [1.54, 1.807) is 6.20 Å². The monoisotopic (exact) mass is 319 g/mol. The van der Waals surface area contributed by atoms with Crippen molar-refractivity contribution in [2.45, 2.75) is 13.3 Å². The van der Waals surface area contributed by atoms with Gasteiger partial charge in [-0.25, -0.2) is 4.98 Å². The summed E-state index contributed by atoms with van der Waals surface area (Å²) in [6, 6.07) is 16.3. The zero-order valence-electron chi connectivity index (χ0n) is 13.7. The van der Waals surface area contributed by atoms with Crippen LogP contribution in [0.25, 0.3) is 11.3 Å². The summed E-state index contributed by atoms with van der Waals surface area (Å²) in [5, 5.41) is 6.57. The van der Waals surface area contributed by atoms with Gasteiger partial charge >= 0.3 is 0 Å². The molecule has 2 N–H and O–H groups in total. The molecule has 24 heavy (non-hydrogen) atoms. The third-order valence-corrected chi connectivity index (χ3v) is 3.58. The van der Waals surface area contributed by atoms with Crippen molar-refractivity contribution < 1.29 is 0 Å². The topological polar surface area (TPSA) is 62.7 Å². The molecule has 2 heterocycles. The molecular formula is C19H21N5. The van der Waals surface area contributed by atoms with Gasteiger partial charge in [0.25, 0.3) is 0 Å². The smallest absolute Gasteiger partial charge is 0.225 e. The summed E-state index contributed by atoms with van der Waals surface area (Å²) >= 11 is 0. The van der Waals surface area contributed by atoms with Crippen molar-refractivity contribution in [3.8, 4) is 11.3 Å². The fraction of sp³-hybridized carbons (Fsp3) is 0.211. The summed E-state index contributed by atoms with van der Waals surface area (Å²) in [5.41, 5.74) is 3.14. The van der Waals surface area contributed by atoms with Crippen LogP contribution in [-0.2, 0) is 6.42 Å². The van der Waals surface area contributed by atoms with E-state index in [0.717, 1.165) is 36.6 Å². The molecule has 0 atom stereocenters. The molecule has 0 unspecified atom stereocenters. The Labute approximate surface area is 142 Å². The van der Waals surface area contributed by atoms with Crippen LogP contribution in [0.4, 0.5) is 11.8 Å². The third-order valence-electron chi connectivity index (χ3n) is 3.58. The third kappa shape index (κ3) is 4.29. The number of hydrogen-bond acceptors (Lipinski definition) is 5. The number of rotatable bonds is 7. The predicted molar refractivity (Wildman–Crippen MR) is 98.1 cm³/mol. The van der Waals surface area contributed by atoms with E-state index in [0.29, 0.717) is 5.95 Å². The lowest BCUT2D eigenvalue weighted by Gasteiger charge is -2.10. The maximum absolute atomic E-state index is 4.56. The fourth-order valence-electron chi connectivity index (χ4n) is 2.42. The van der Waals surface area contributed by atoms with Crippen LogP contribution in [0.1, 0.15) is 12.5 Å². The molecule has 5 heteroatoms. The first-order valence-corrected chi connectivity index (χ1v) is 8.16. The second-order valence-corrected chi connectivity index (χ2v) is 5.40. The van der Waals surface area contributed by atoms with Gasteiger partial charge in [0, 0.05) is 37.1 Å². The maximum Gasteiger partial charge on any atom is 0.225 e. The molecule has 0 saturated carbocycles. The van der Waals surface area contributed by atoms with Crippen molar-refractivity contribution in [3.63, 3.8) is 0 Å². The van der Waals surface area contributed by atoms with Crippen LogP contribution in [0.3, 0.4) is 0 Å². The van der Waals surface area contributed by atoms with Crippen molar-refractivity contribution in [3.05, 3.63) is 66.5 Å². The molecule has 0 amide bonds. The minimum absolute atomic E-state index is 0.626. The van der Waals surface area contributed by atoms with E-state index in [1.807, 2.05) is 37.4 Å². The number of hydrogen-bond donors (Lipinski definition) is 2. The highest BCUT2D eigenvalue weighted by Gasteiger charge is 2.06. The van der Waals surface area contributed by atoms with E-state index >= 15 is 0 Å². The van der Waals surface area contributed by atoms with Gasteiger partial charge in [0.15, 0.2) is 0 Å². The molecule has 0 spiro atoms. The van der Waals surface area contributed by atoms with Gasteiger partial charge in [0.1, 0.15) is 5.82 Å². The number of pyridine rings is 1. The van der Waals surface area contributed by atoms with Gasteiger partial charge in [-0.2, -0.15) is 4.98 Å². The molecule has 5 nitrogen and oxygen atoms in total. The van der Waals surface area contributed by atoms with E-state index < -0.39 is 0 Å². The summed E-state index contributed by atoms with van der Waals surface area (Å²) in [7, 11) is 0. The van der Waals surface area contributed by atoms with Crippen LogP contribution in [0.15, 0.2) is 60.9 Å². The minimum atomic E-state index is 0.626. The lowest BCUT2D eigenvalue weighted by atomic mass is 10.1. The SMILES string of the molecule is CCNc1nc(NCCc2ccccc2)cc(-c2cccnc2)n1. The van der Waals surface area contributed by atoms with Gasteiger partial charge in [0.2, 0.25) is 5.95 Å². The molecule has 3 rings (SSSR count). The highest BCUT2D eigenvalue weighted by molar-refractivity contribution is 5.63. The molecule has 1 aromatic carbocycles. The number of nitrogens with one attached hydrogen (secondary N) is 2. The number of aromatic nitrogens is 3. The Morgan fingerprint density at radius 2 is 1.83 bits per heavy atom.